The quantitative estimate of drug-likeness (QED) is 0.152. The minimum absolute atomic E-state index is 0.00286. The summed E-state index contributed by atoms with van der Waals surface area (Å²) in [6.45, 7) is -0.608. The average molecular weight is 503 g/mol. The number of phenols is 2. The fourth-order valence-corrected chi connectivity index (χ4v) is 3.63. The molecule has 0 bridgehead atoms. The summed E-state index contributed by atoms with van der Waals surface area (Å²) in [5.74, 6) is -2.34. The number of aliphatic hydroxyl groups excluding tert-OH is 3. The van der Waals surface area contributed by atoms with Gasteiger partial charge in [-0.15, -0.1) is 0 Å². The van der Waals surface area contributed by atoms with Gasteiger partial charge in [0.05, 0.1) is 17.0 Å². The Hall–Kier alpha value is -3.97. The molecule has 5 atom stereocenters. The third-order valence-electron chi connectivity index (χ3n) is 5.46. The normalized spacial score (nSPS) is 23.8. The van der Waals surface area contributed by atoms with Crippen LogP contribution in [0.1, 0.15) is 6.42 Å². The average Bonchev–Trinajstić information content (AvgIpc) is 2.83. The van der Waals surface area contributed by atoms with Gasteiger partial charge in [0.15, 0.2) is 0 Å². The van der Waals surface area contributed by atoms with Crippen LogP contribution in [0.2, 0.25) is 0 Å². The highest BCUT2D eigenvalue weighted by Gasteiger charge is 2.46. The van der Waals surface area contributed by atoms with E-state index in [9.17, 15) is 35.1 Å². The van der Waals surface area contributed by atoms with E-state index in [0.29, 0.717) is 16.5 Å². The van der Waals surface area contributed by atoms with E-state index in [0.717, 1.165) is 0 Å². The van der Waals surface area contributed by atoms with Crippen molar-refractivity contribution in [3.63, 3.8) is 0 Å². The zero-order valence-electron chi connectivity index (χ0n) is 18.6. The Morgan fingerprint density at radius 1 is 0.917 bits per heavy atom. The zero-order chi connectivity index (χ0) is 26.0. The molecule has 1 fully saturated rings. The number of carboxylic acid groups (broad SMARTS) is 1. The van der Waals surface area contributed by atoms with Gasteiger partial charge in [0.25, 0.3) is 0 Å². The van der Waals surface area contributed by atoms with E-state index in [1.165, 1.54) is 42.5 Å². The van der Waals surface area contributed by atoms with Crippen molar-refractivity contribution in [2.45, 2.75) is 37.1 Å². The number of aliphatic hydroxyl groups is 3. The molecule has 3 aromatic rings. The lowest BCUT2D eigenvalue weighted by Gasteiger charge is -2.39. The second-order valence-electron chi connectivity index (χ2n) is 8.09. The van der Waals surface area contributed by atoms with Crippen molar-refractivity contribution in [1.82, 2.24) is 0 Å². The van der Waals surface area contributed by atoms with E-state index in [-0.39, 0.29) is 23.0 Å². The number of fused-ring (bicyclic) bond motifs is 1. The minimum Gasteiger partial charge on any atom is -0.508 e. The molecule has 6 N–H and O–H groups in total. The van der Waals surface area contributed by atoms with E-state index in [1.807, 2.05) is 0 Å². The van der Waals surface area contributed by atoms with E-state index in [4.69, 9.17) is 23.7 Å². The number of aromatic hydroxyl groups is 2. The molecule has 0 saturated carbocycles. The number of hydrogen-bond acceptors (Lipinski definition) is 10. The Labute approximate surface area is 203 Å². The van der Waals surface area contributed by atoms with E-state index < -0.39 is 55.7 Å². The summed E-state index contributed by atoms with van der Waals surface area (Å²) in [5.41, 5.74) is 0.757. The standard InChI is InChI=1S/C24H22O12/c25-13-4-1-11(2-5-13)23-16(7-12-3-6-14(26)8-15(12)34-23)35-24-22(32)21(31)20(30)17(36-24)10-33-19(29)9-18(27)28/h1-8,17,20-22,24,30-32H,9-10H2,(H2-,25,26,27,28)/p+1/t17-,20-,21+,22-,24-/m1/s1. The first-order chi connectivity index (χ1) is 17.1. The van der Waals surface area contributed by atoms with E-state index >= 15 is 0 Å². The summed E-state index contributed by atoms with van der Waals surface area (Å²) < 4.78 is 22.1. The molecule has 190 valence electrons. The Bertz CT molecular complexity index is 1260. The highest BCUT2D eigenvalue weighted by atomic mass is 16.7. The molecule has 0 radical (unpaired) electrons. The molecule has 12 nitrogen and oxygen atoms in total. The van der Waals surface area contributed by atoms with Crippen molar-refractivity contribution >= 4 is 22.9 Å². The number of hydrogen-bond donors (Lipinski definition) is 6. The first-order valence-corrected chi connectivity index (χ1v) is 10.8. The van der Waals surface area contributed by atoms with Crippen LogP contribution in [0.5, 0.6) is 17.2 Å². The Morgan fingerprint density at radius 2 is 1.61 bits per heavy atom. The molecule has 36 heavy (non-hydrogen) atoms. The topological polar surface area (TPSA) is 195 Å². The first kappa shape index (κ1) is 25.1. The van der Waals surface area contributed by atoms with Crippen LogP contribution in [0.3, 0.4) is 0 Å². The maximum Gasteiger partial charge on any atom is 0.402 e. The number of carboxylic acids is 1. The van der Waals surface area contributed by atoms with Crippen LogP contribution in [0.4, 0.5) is 0 Å². The predicted octanol–water partition coefficient (Wildman–Crippen LogP) is 0.996. The van der Waals surface area contributed by atoms with Crippen molar-refractivity contribution in [3.05, 3.63) is 48.5 Å². The maximum atomic E-state index is 11.6. The highest BCUT2D eigenvalue weighted by molar-refractivity contribution is 5.90. The number of rotatable bonds is 7. The third-order valence-corrected chi connectivity index (χ3v) is 5.46. The third kappa shape index (κ3) is 5.47. The minimum atomic E-state index is -1.75. The SMILES string of the molecule is O=C(O)CC(=O)OC[C@H]1O[C@@H](Oc2cc3ccc(O)cc3[o+]c2-c2ccc(O)cc2)[C@H](O)[C@@H](O)[C@@H]1O. The van der Waals surface area contributed by atoms with Crippen LogP contribution in [0.25, 0.3) is 22.3 Å². The fraction of sp³-hybridized carbons (Fsp3) is 0.292. The van der Waals surface area contributed by atoms with E-state index in [2.05, 4.69) is 0 Å². The largest absolute Gasteiger partial charge is 0.508 e. The Kier molecular flexibility index (Phi) is 7.22. The van der Waals surface area contributed by atoms with Crippen LogP contribution in [0, 0.1) is 0 Å². The van der Waals surface area contributed by atoms with Gasteiger partial charge in [0.2, 0.25) is 12.0 Å². The van der Waals surface area contributed by atoms with Crippen LogP contribution in [-0.2, 0) is 19.1 Å². The molecule has 1 aliphatic heterocycles. The lowest BCUT2D eigenvalue weighted by molar-refractivity contribution is -0.278. The number of carbonyl (C=O) groups excluding carboxylic acids is 1. The molecule has 1 aliphatic rings. The fourth-order valence-electron chi connectivity index (χ4n) is 3.63. The second kappa shape index (κ2) is 10.3. The van der Waals surface area contributed by atoms with Crippen LogP contribution >= 0.6 is 0 Å². The molecule has 0 unspecified atom stereocenters. The Morgan fingerprint density at radius 3 is 2.31 bits per heavy atom. The molecular weight excluding hydrogens is 480 g/mol. The summed E-state index contributed by atoms with van der Waals surface area (Å²) in [5, 5.41) is 59.7. The number of aliphatic carboxylic acids is 1. The molecular formula is C24H23O12+. The summed E-state index contributed by atoms with van der Waals surface area (Å²) in [4.78, 5) is 22.2. The van der Waals surface area contributed by atoms with Crippen molar-refractivity contribution in [2.24, 2.45) is 0 Å². The second-order valence-corrected chi connectivity index (χ2v) is 8.09. The summed E-state index contributed by atoms with van der Waals surface area (Å²) >= 11 is 0. The van der Waals surface area contributed by atoms with Gasteiger partial charge in [-0.05, 0) is 36.4 Å². The van der Waals surface area contributed by atoms with Crippen LogP contribution < -0.4 is 4.74 Å². The zero-order valence-corrected chi connectivity index (χ0v) is 18.6. The van der Waals surface area contributed by atoms with Gasteiger partial charge in [-0.3, -0.25) is 9.59 Å². The Balaban J connectivity index is 1.64. The molecule has 4 rings (SSSR count). The van der Waals surface area contributed by atoms with Crippen molar-refractivity contribution in [3.8, 4) is 28.6 Å². The van der Waals surface area contributed by atoms with Crippen molar-refractivity contribution < 1.29 is 58.9 Å². The van der Waals surface area contributed by atoms with Crippen LogP contribution in [0.15, 0.2) is 52.9 Å². The van der Waals surface area contributed by atoms with Gasteiger partial charge in [-0.1, -0.05) is 0 Å². The predicted molar refractivity (Wildman–Crippen MR) is 120 cm³/mol. The molecule has 1 saturated heterocycles. The molecule has 12 heteroatoms. The lowest BCUT2D eigenvalue weighted by atomic mass is 9.99. The number of carbonyl (C=O) groups is 2. The van der Waals surface area contributed by atoms with Gasteiger partial charge in [0.1, 0.15) is 48.9 Å². The number of ether oxygens (including phenoxy) is 3. The summed E-state index contributed by atoms with van der Waals surface area (Å²) in [6, 6.07) is 11.8. The van der Waals surface area contributed by atoms with E-state index in [1.54, 1.807) is 6.07 Å². The number of benzene rings is 2. The molecule has 0 spiro atoms. The summed E-state index contributed by atoms with van der Waals surface area (Å²) in [6.07, 6.45) is -8.96. The lowest BCUT2D eigenvalue weighted by Crippen LogP contribution is -2.60. The maximum absolute atomic E-state index is 11.6. The molecule has 1 aromatic heterocycles. The van der Waals surface area contributed by atoms with Crippen molar-refractivity contribution in [1.29, 1.82) is 0 Å². The molecule has 2 heterocycles. The molecule has 0 aliphatic carbocycles. The van der Waals surface area contributed by atoms with Gasteiger partial charge >= 0.3 is 23.3 Å². The summed E-state index contributed by atoms with van der Waals surface area (Å²) in [7, 11) is 0. The molecule has 2 aromatic carbocycles. The number of phenolic OH excluding ortho intramolecular Hbond substituents is 2. The molecule has 0 amide bonds. The first-order valence-electron chi connectivity index (χ1n) is 10.8. The van der Waals surface area contributed by atoms with Gasteiger partial charge < -0.3 is 44.8 Å². The highest BCUT2D eigenvalue weighted by Crippen LogP contribution is 2.38. The van der Waals surface area contributed by atoms with Crippen LogP contribution in [-0.4, -0.2) is 79.9 Å². The monoisotopic (exact) mass is 503 g/mol. The van der Waals surface area contributed by atoms with Gasteiger partial charge in [-0.2, -0.15) is 0 Å². The van der Waals surface area contributed by atoms with Gasteiger partial charge in [-0.25, -0.2) is 4.42 Å². The van der Waals surface area contributed by atoms with Gasteiger partial charge in [0, 0.05) is 6.07 Å². The number of esters is 1. The van der Waals surface area contributed by atoms with Crippen molar-refractivity contribution in [2.75, 3.05) is 6.61 Å². The smallest absolute Gasteiger partial charge is 0.402 e.